The van der Waals surface area contributed by atoms with Crippen molar-refractivity contribution in [3.05, 3.63) is 33.8 Å². The lowest BCUT2D eigenvalue weighted by atomic mass is 10.3. The Balaban J connectivity index is 2.59. The minimum atomic E-state index is -0.672. The standard InChI is InChI=1S/C9H3BrFN3S/c10-7-2-1-6(15-7)9-8(11)5(3-12)13-4-14-9/h1-2,4H. The lowest BCUT2D eigenvalue weighted by Gasteiger charge is -1.98. The predicted molar refractivity (Wildman–Crippen MR) is 57.7 cm³/mol. The van der Waals surface area contributed by atoms with E-state index in [1.165, 1.54) is 17.7 Å². The quantitative estimate of drug-likeness (QED) is 0.808. The second-order valence-electron chi connectivity index (χ2n) is 2.60. The molecule has 6 heteroatoms. The molecule has 0 saturated heterocycles. The molecule has 0 atom stereocenters. The fourth-order valence-corrected chi connectivity index (χ4v) is 2.44. The van der Waals surface area contributed by atoms with Crippen LogP contribution in [0.1, 0.15) is 5.69 Å². The molecule has 2 aromatic rings. The van der Waals surface area contributed by atoms with Crippen LogP contribution in [0.4, 0.5) is 4.39 Å². The molecule has 0 N–H and O–H groups in total. The van der Waals surface area contributed by atoms with Gasteiger partial charge in [0.15, 0.2) is 11.5 Å². The molecule has 0 fully saturated rings. The molecule has 2 aromatic heterocycles. The van der Waals surface area contributed by atoms with Gasteiger partial charge in [-0.05, 0) is 28.1 Å². The Morgan fingerprint density at radius 1 is 1.40 bits per heavy atom. The molecular weight excluding hydrogens is 281 g/mol. The maximum Gasteiger partial charge on any atom is 0.186 e. The highest BCUT2D eigenvalue weighted by Crippen LogP contribution is 2.31. The summed E-state index contributed by atoms with van der Waals surface area (Å²) < 4.78 is 14.5. The minimum Gasteiger partial charge on any atom is -0.232 e. The van der Waals surface area contributed by atoms with Gasteiger partial charge in [-0.1, -0.05) is 0 Å². The second-order valence-corrected chi connectivity index (χ2v) is 5.06. The number of rotatable bonds is 1. The Morgan fingerprint density at radius 3 is 2.80 bits per heavy atom. The molecule has 0 bridgehead atoms. The SMILES string of the molecule is N#Cc1ncnc(-c2ccc(Br)s2)c1F. The summed E-state index contributed by atoms with van der Waals surface area (Å²) in [5.74, 6) is -0.672. The molecule has 0 aliphatic carbocycles. The fraction of sp³-hybridized carbons (Fsp3) is 0. The van der Waals surface area contributed by atoms with Crippen LogP contribution in [0.2, 0.25) is 0 Å². The Bertz CT molecular complexity index is 547. The molecule has 0 radical (unpaired) electrons. The Morgan fingerprint density at radius 2 is 2.20 bits per heavy atom. The van der Waals surface area contributed by atoms with E-state index in [2.05, 4.69) is 25.9 Å². The van der Waals surface area contributed by atoms with Crippen LogP contribution in [0.5, 0.6) is 0 Å². The van der Waals surface area contributed by atoms with Crippen molar-refractivity contribution in [1.29, 1.82) is 5.26 Å². The zero-order valence-electron chi connectivity index (χ0n) is 7.24. The molecular formula is C9H3BrFN3S. The topological polar surface area (TPSA) is 49.6 Å². The van der Waals surface area contributed by atoms with Crippen LogP contribution in [-0.4, -0.2) is 9.97 Å². The van der Waals surface area contributed by atoms with Crippen LogP contribution in [0.25, 0.3) is 10.6 Å². The molecule has 0 amide bonds. The maximum absolute atomic E-state index is 13.6. The summed E-state index contributed by atoms with van der Waals surface area (Å²) in [7, 11) is 0. The lowest BCUT2D eigenvalue weighted by Crippen LogP contribution is -1.94. The van der Waals surface area contributed by atoms with Crippen molar-refractivity contribution in [2.45, 2.75) is 0 Å². The van der Waals surface area contributed by atoms with Gasteiger partial charge in [0.05, 0.1) is 8.66 Å². The smallest absolute Gasteiger partial charge is 0.186 e. The van der Waals surface area contributed by atoms with Gasteiger partial charge in [0, 0.05) is 0 Å². The van der Waals surface area contributed by atoms with Crippen LogP contribution in [0, 0.1) is 17.1 Å². The van der Waals surface area contributed by atoms with Gasteiger partial charge in [-0.3, -0.25) is 0 Å². The molecule has 15 heavy (non-hydrogen) atoms. The summed E-state index contributed by atoms with van der Waals surface area (Å²) in [6.07, 6.45) is 1.19. The Kier molecular flexibility index (Phi) is 2.75. The summed E-state index contributed by atoms with van der Waals surface area (Å²) >= 11 is 4.63. The third-order valence-corrected chi connectivity index (χ3v) is 3.33. The summed E-state index contributed by atoms with van der Waals surface area (Å²) in [6, 6.07) is 5.22. The van der Waals surface area contributed by atoms with Gasteiger partial charge >= 0.3 is 0 Å². The highest BCUT2D eigenvalue weighted by molar-refractivity contribution is 9.11. The maximum atomic E-state index is 13.6. The first-order valence-corrected chi connectivity index (χ1v) is 5.49. The fourth-order valence-electron chi connectivity index (χ4n) is 1.06. The summed E-state index contributed by atoms with van der Waals surface area (Å²) in [5, 5.41) is 8.61. The first kappa shape index (κ1) is 10.2. The highest BCUT2D eigenvalue weighted by Gasteiger charge is 2.13. The van der Waals surface area contributed by atoms with E-state index in [4.69, 9.17) is 5.26 Å². The second kappa shape index (κ2) is 4.04. The average Bonchev–Trinajstić information content (AvgIpc) is 2.65. The van der Waals surface area contributed by atoms with Gasteiger partial charge in [-0.25, -0.2) is 14.4 Å². The monoisotopic (exact) mass is 283 g/mol. The van der Waals surface area contributed by atoms with Crippen molar-refractivity contribution in [3.63, 3.8) is 0 Å². The summed E-state index contributed by atoms with van der Waals surface area (Å²) in [6.45, 7) is 0. The molecule has 0 unspecified atom stereocenters. The number of nitrogens with zero attached hydrogens (tertiary/aromatic N) is 3. The number of halogens is 2. The molecule has 0 aromatic carbocycles. The Labute approximate surface area is 97.4 Å². The molecule has 3 nitrogen and oxygen atoms in total. The lowest BCUT2D eigenvalue weighted by molar-refractivity contribution is 0.613. The molecule has 74 valence electrons. The normalized spacial score (nSPS) is 9.93. The van der Waals surface area contributed by atoms with E-state index in [1.54, 1.807) is 18.2 Å². The largest absolute Gasteiger partial charge is 0.232 e. The molecule has 2 rings (SSSR count). The van der Waals surface area contributed by atoms with Crippen LogP contribution < -0.4 is 0 Å². The molecule has 2 heterocycles. The molecule has 0 spiro atoms. The van der Waals surface area contributed by atoms with E-state index in [0.717, 1.165) is 3.79 Å². The number of aromatic nitrogens is 2. The number of hydrogen-bond donors (Lipinski definition) is 0. The van der Waals surface area contributed by atoms with Gasteiger partial charge in [-0.2, -0.15) is 5.26 Å². The van der Waals surface area contributed by atoms with Gasteiger partial charge in [-0.15, -0.1) is 11.3 Å². The third kappa shape index (κ3) is 1.89. The first-order valence-electron chi connectivity index (χ1n) is 3.88. The molecule has 0 aliphatic rings. The van der Waals surface area contributed by atoms with Crippen molar-refractivity contribution < 1.29 is 4.39 Å². The van der Waals surface area contributed by atoms with Crippen molar-refractivity contribution in [1.82, 2.24) is 9.97 Å². The number of nitriles is 1. The highest BCUT2D eigenvalue weighted by atomic mass is 79.9. The zero-order chi connectivity index (χ0) is 10.8. The van der Waals surface area contributed by atoms with Gasteiger partial charge in [0.2, 0.25) is 0 Å². The van der Waals surface area contributed by atoms with Crippen molar-refractivity contribution in [2.24, 2.45) is 0 Å². The van der Waals surface area contributed by atoms with Crippen molar-refractivity contribution in [3.8, 4) is 16.6 Å². The molecule has 0 saturated carbocycles. The van der Waals surface area contributed by atoms with Crippen LogP contribution in [0.3, 0.4) is 0 Å². The van der Waals surface area contributed by atoms with Gasteiger partial charge in [0.1, 0.15) is 18.1 Å². The Hall–Kier alpha value is -1.32. The van der Waals surface area contributed by atoms with E-state index in [0.29, 0.717) is 4.88 Å². The predicted octanol–water partition coefficient (Wildman–Crippen LogP) is 2.98. The molecule has 0 aliphatic heterocycles. The zero-order valence-corrected chi connectivity index (χ0v) is 9.64. The first-order chi connectivity index (χ1) is 7.22. The number of thiophene rings is 1. The van der Waals surface area contributed by atoms with Gasteiger partial charge < -0.3 is 0 Å². The average molecular weight is 284 g/mol. The van der Waals surface area contributed by atoms with Crippen LogP contribution >= 0.6 is 27.3 Å². The number of hydrogen-bond acceptors (Lipinski definition) is 4. The minimum absolute atomic E-state index is 0.164. The van der Waals surface area contributed by atoms with Crippen LogP contribution in [-0.2, 0) is 0 Å². The summed E-state index contributed by atoms with van der Waals surface area (Å²) in [5.41, 5.74) is -0.0678. The van der Waals surface area contributed by atoms with Gasteiger partial charge in [0.25, 0.3) is 0 Å². The van der Waals surface area contributed by atoms with E-state index in [-0.39, 0.29) is 11.4 Å². The van der Waals surface area contributed by atoms with Crippen LogP contribution in [0.15, 0.2) is 22.2 Å². The third-order valence-electron chi connectivity index (χ3n) is 1.70. The summed E-state index contributed by atoms with van der Waals surface area (Å²) in [4.78, 5) is 8.02. The van der Waals surface area contributed by atoms with E-state index >= 15 is 0 Å². The van der Waals surface area contributed by atoms with Crippen molar-refractivity contribution >= 4 is 27.3 Å². The van der Waals surface area contributed by atoms with E-state index in [1.807, 2.05) is 0 Å². The van der Waals surface area contributed by atoms with E-state index < -0.39 is 5.82 Å². The van der Waals surface area contributed by atoms with Crippen molar-refractivity contribution in [2.75, 3.05) is 0 Å². The van der Waals surface area contributed by atoms with E-state index in [9.17, 15) is 4.39 Å².